The van der Waals surface area contributed by atoms with Crippen LogP contribution in [0, 0.1) is 0 Å². The highest BCUT2D eigenvalue weighted by atomic mass is 16.5. The maximum absolute atomic E-state index is 12.3. The van der Waals surface area contributed by atoms with Crippen molar-refractivity contribution < 1.29 is 14.6 Å². The van der Waals surface area contributed by atoms with E-state index in [4.69, 9.17) is 9.47 Å². The molecule has 6 nitrogen and oxygen atoms in total. The van der Waals surface area contributed by atoms with Gasteiger partial charge in [-0.25, -0.2) is 4.79 Å². The van der Waals surface area contributed by atoms with Crippen LogP contribution in [0.1, 0.15) is 23.7 Å². The second-order valence-electron chi connectivity index (χ2n) is 5.04. The number of methoxy groups -OCH3 is 2. The Balaban J connectivity index is 2.14. The van der Waals surface area contributed by atoms with Gasteiger partial charge in [-0.3, -0.25) is 9.13 Å². The molecule has 1 aromatic carbocycles. The fourth-order valence-corrected chi connectivity index (χ4v) is 2.88. The monoisotopic (exact) mass is 290 g/mol. The third kappa shape index (κ3) is 1.90. The van der Waals surface area contributed by atoms with Gasteiger partial charge in [-0.1, -0.05) is 0 Å². The molecule has 0 atom stereocenters. The minimum atomic E-state index is -0.176. The molecule has 0 radical (unpaired) electrons. The molecule has 0 saturated heterocycles. The second-order valence-corrected chi connectivity index (χ2v) is 5.04. The van der Waals surface area contributed by atoms with E-state index in [9.17, 15) is 9.90 Å². The molecule has 6 heteroatoms. The Morgan fingerprint density at radius 3 is 2.38 bits per heavy atom. The van der Waals surface area contributed by atoms with Crippen LogP contribution in [0.5, 0.6) is 17.4 Å². The van der Waals surface area contributed by atoms with Gasteiger partial charge in [0.05, 0.1) is 26.5 Å². The molecular formula is C15H18N2O4. The van der Waals surface area contributed by atoms with Crippen molar-refractivity contribution in [3.8, 4) is 17.4 Å². The molecule has 0 saturated carbocycles. The molecule has 112 valence electrons. The van der Waals surface area contributed by atoms with Gasteiger partial charge in [-0.05, 0) is 30.2 Å². The van der Waals surface area contributed by atoms with Crippen molar-refractivity contribution in [1.29, 1.82) is 0 Å². The number of aromatic hydroxyl groups is 1. The molecule has 1 aliphatic rings. The lowest BCUT2D eigenvalue weighted by molar-refractivity contribution is 0.353. The first-order valence-corrected chi connectivity index (χ1v) is 6.85. The van der Waals surface area contributed by atoms with Crippen LogP contribution in [0.4, 0.5) is 0 Å². The van der Waals surface area contributed by atoms with Crippen molar-refractivity contribution in [3.05, 3.63) is 39.4 Å². The quantitative estimate of drug-likeness (QED) is 0.790. The number of fused-ring (bicyclic) bond motifs is 2. The van der Waals surface area contributed by atoms with E-state index in [-0.39, 0.29) is 11.6 Å². The number of aromatic nitrogens is 2. The van der Waals surface area contributed by atoms with E-state index in [1.165, 1.54) is 4.57 Å². The lowest BCUT2D eigenvalue weighted by Crippen LogP contribution is -2.27. The number of ether oxygens (including phenoxy) is 2. The minimum Gasteiger partial charge on any atom is -0.493 e. The Bertz CT molecular complexity index is 758. The summed E-state index contributed by atoms with van der Waals surface area (Å²) in [6, 6.07) is 3.80. The van der Waals surface area contributed by atoms with Crippen LogP contribution in [-0.4, -0.2) is 28.5 Å². The molecule has 0 spiro atoms. The highest BCUT2D eigenvalue weighted by molar-refractivity contribution is 5.50. The first kappa shape index (κ1) is 13.6. The summed E-state index contributed by atoms with van der Waals surface area (Å²) in [4.78, 5) is 12.3. The third-order valence-electron chi connectivity index (χ3n) is 4.01. The molecule has 3 rings (SSSR count). The van der Waals surface area contributed by atoms with Gasteiger partial charge in [0.25, 0.3) is 0 Å². The molecule has 0 bridgehead atoms. The SMILES string of the molecule is CCn1c(O)c2n(c1=O)Cc1cc(OC)c(OC)cc1C2. The maximum Gasteiger partial charge on any atom is 0.331 e. The van der Waals surface area contributed by atoms with Gasteiger partial charge in [0, 0.05) is 13.0 Å². The molecule has 2 aromatic rings. The summed E-state index contributed by atoms with van der Waals surface area (Å²) < 4.78 is 13.6. The second kappa shape index (κ2) is 4.87. The number of hydrogen-bond donors (Lipinski definition) is 1. The van der Waals surface area contributed by atoms with Crippen molar-refractivity contribution in [1.82, 2.24) is 9.13 Å². The third-order valence-corrected chi connectivity index (χ3v) is 4.01. The van der Waals surface area contributed by atoms with Crippen molar-refractivity contribution in [2.45, 2.75) is 26.4 Å². The van der Waals surface area contributed by atoms with Gasteiger partial charge in [-0.2, -0.15) is 0 Å². The van der Waals surface area contributed by atoms with Crippen LogP contribution in [0.15, 0.2) is 16.9 Å². The van der Waals surface area contributed by atoms with Crippen LogP contribution in [0.3, 0.4) is 0 Å². The predicted molar refractivity (Wildman–Crippen MR) is 77.5 cm³/mol. The summed E-state index contributed by atoms with van der Waals surface area (Å²) in [5.74, 6) is 1.36. The zero-order valence-electron chi connectivity index (χ0n) is 12.3. The van der Waals surface area contributed by atoms with Crippen LogP contribution >= 0.6 is 0 Å². The normalized spacial score (nSPS) is 12.7. The summed E-state index contributed by atoms with van der Waals surface area (Å²) in [5, 5.41) is 10.2. The van der Waals surface area contributed by atoms with Crippen LogP contribution in [0.25, 0.3) is 0 Å². The maximum atomic E-state index is 12.3. The lowest BCUT2D eigenvalue weighted by Gasteiger charge is -2.20. The highest BCUT2D eigenvalue weighted by Crippen LogP contribution is 2.35. The van der Waals surface area contributed by atoms with E-state index in [0.29, 0.717) is 36.7 Å². The average molecular weight is 290 g/mol. The molecule has 1 aliphatic heterocycles. The van der Waals surface area contributed by atoms with Gasteiger partial charge in [0.2, 0.25) is 5.88 Å². The van der Waals surface area contributed by atoms with Gasteiger partial charge in [-0.15, -0.1) is 0 Å². The Morgan fingerprint density at radius 2 is 1.81 bits per heavy atom. The lowest BCUT2D eigenvalue weighted by atomic mass is 9.98. The number of benzene rings is 1. The zero-order valence-corrected chi connectivity index (χ0v) is 12.3. The fraction of sp³-hybridized carbons (Fsp3) is 0.400. The number of hydrogen-bond acceptors (Lipinski definition) is 4. The van der Waals surface area contributed by atoms with Crippen molar-refractivity contribution in [2.24, 2.45) is 0 Å². The van der Waals surface area contributed by atoms with Crippen molar-refractivity contribution >= 4 is 0 Å². The number of imidazole rings is 1. The van der Waals surface area contributed by atoms with E-state index < -0.39 is 0 Å². The molecule has 21 heavy (non-hydrogen) atoms. The van der Waals surface area contributed by atoms with Gasteiger partial charge < -0.3 is 14.6 Å². The molecule has 1 N–H and O–H groups in total. The molecular weight excluding hydrogens is 272 g/mol. The van der Waals surface area contributed by atoms with Crippen LogP contribution in [0.2, 0.25) is 0 Å². The molecule has 0 aliphatic carbocycles. The fourth-order valence-electron chi connectivity index (χ4n) is 2.88. The summed E-state index contributed by atoms with van der Waals surface area (Å²) in [6.07, 6.45) is 0.504. The van der Waals surface area contributed by atoms with Crippen LogP contribution in [-0.2, 0) is 19.5 Å². The zero-order chi connectivity index (χ0) is 15.1. The number of rotatable bonds is 3. The molecule has 0 fully saturated rings. The molecule has 0 amide bonds. The summed E-state index contributed by atoms with van der Waals surface area (Å²) in [6.45, 7) is 2.73. The molecule has 2 heterocycles. The highest BCUT2D eigenvalue weighted by Gasteiger charge is 2.25. The van der Waals surface area contributed by atoms with E-state index in [0.717, 1.165) is 11.1 Å². The summed E-state index contributed by atoms with van der Waals surface area (Å²) in [5.41, 5.74) is 2.53. The van der Waals surface area contributed by atoms with E-state index in [1.807, 2.05) is 19.1 Å². The van der Waals surface area contributed by atoms with Gasteiger partial charge >= 0.3 is 5.69 Å². The van der Waals surface area contributed by atoms with E-state index in [1.54, 1.807) is 18.8 Å². The smallest absolute Gasteiger partial charge is 0.331 e. The van der Waals surface area contributed by atoms with E-state index in [2.05, 4.69) is 0 Å². The molecule has 0 unspecified atom stereocenters. The largest absolute Gasteiger partial charge is 0.493 e. The Labute approximate surface area is 122 Å². The topological polar surface area (TPSA) is 65.6 Å². The summed E-state index contributed by atoms with van der Waals surface area (Å²) >= 11 is 0. The predicted octanol–water partition coefficient (Wildman–Crippen LogP) is 1.34. The Kier molecular flexibility index (Phi) is 3.16. The van der Waals surface area contributed by atoms with Gasteiger partial charge in [0.1, 0.15) is 0 Å². The first-order chi connectivity index (χ1) is 10.1. The van der Waals surface area contributed by atoms with Gasteiger partial charge in [0.15, 0.2) is 11.5 Å². The number of nitrogens with zero attached hydrogens (tertiary/aromatic N) is 2. The van der Waals surface area contributed by atoms with Crippen molar-refractivity contribution in [2.75, 3.05) is 14.2 Å². The average Bonchev–Trinajstić information content (AvgIpc) is 2.74. The van der Waals surface area contributed by atoms with Crippen LogP contribution < -0.4 is 15.2 Å². The van der Waals surface area contributed by atoms with E-state index >= 15 is 0 Å². The standard InChI is InChI=1S/C15H18N2O4/c1-4-16-14(18)11-5-9-6-12(20-2)13(21-3)7-10(9)8-17(11)15(16)19/h6-7,18H,4-5,8H2,1-3H3. The minimum absolute atomic E-state index is 0.0583. The Hall–Kier alpha value is -2.37. The Morgan fingerprint density at radius 1 is 1.19 bits per heavy atom. The van der Waals surface area contributed by atoms with Crippen molar-refractivity contribution in [3.63, 3.8) is 0 Å². The molecule has 1 aromatic heterocycles. The summed E-state index contributed by atoms with van der Waals surface area (Å²) in [7, 11) is 3.18. The first-order valence-electron chi connectivity index (χ1n) is 6.85.